The minimum Gasteiger partial charge on any atom is -0.469 e. The van der Waals surface area contributed by atoms with E-state index >= 15 is 0 Å². The minimum atomic E-state index is -0.253. The molecular formula is C14H18N4O3. The molecule has 0 aliphatic carbocycles. The van der Waals surface area contributed by atoms with Crippen LogP contribution in [0.4, 0.5) is 0 Å². The fraction of sp³-hybridized carbons (Fsp3) is 0.500. The van der Waals surface area contributed by atoms with E-state index in [0.717, 1.165) is 11.6 Å². The number of hydrogen-bond acceptors (Lipinski definition) is 5. The number of carbonyl (C=O) groups is 1. The van der Waals surface area contributed by atoms with Gasteiger partial charge in [0.25, 0.3) is 0 Å². The smallest absolute Gasteiger partial charge is 0.223 e. The molecule has 0 radical (unpaired) electrons. The Balaban J connectivity index is 1.56. The van der Waals surface area contributed by atoms with Crippen LogP contribution < -0.4 is 0 Å². The SMILES string of the molecule is Cc1nc([C@@H]2CN(C(=O)CCc3ccco3)CCO2)n[nH]1. The second kappa shape index (κ2) is 6.09. The van der Waals surface area contributed by atoms with Crippen molar-refractivity contribution in [1.29, 1.82) is 0 Å². The molecule has 0 aromatic carbocycles. The molecule has 112 valence electrons. The number of nitrogens with zero attached hydrogens (tertiary/aromatic N) is 3. The molecular weight excluding hydrogens is 272 g/mol. The van der Waals surface area contributed by atoms with Crippen LogP contribution in [0.5, 0.6) is 0 Å². The van der Waals surface area contributed by atoms with Crippen LogP contribution in [0.1, 0.15) is 29.9 Å². The number of morpholine rings is 1. The lowest BCUT2D eigenvalue weighted by atomic mass is 10.2. The summed E-state index contributed by atoms with van der Waals surface area (Å²) in [4.78, 5) is 18.3. The van der Waals surface area contributed by atoms with Crippen LogP contribution in [0.3, 0.4) is 0 Å². The van der Waals surface area contributed by atoms with Crippen molar-refractivity contribution in [1.82, 2.24) is 20.1 Å². The number of furan rings is 1. The maximum Gasteiger partial charge on any atom is 0.223 e. The van der Waals surface area contributed by atoms with Crippen LogP contribution in [0.2, 0.25) is 0 Å². The van der Waals surface area contributed by atoms with Crippen molar-refractivity contribution in [3.05, 3.63) is 35.8 Å². The van der Waals surface area contributed by atoms with Gasteiger partial charge in [0.2, 0.25) is 5.91 Å². The number of hydrogen-bond donors (Lipinski definition) is 1. The maximum atomic E-state index is 12.3. The Labute approximate surface area is 122 Å². The number of nitrogens with one attached hydrogen (secondary N) is 1. The summed E-state index contributed by atoms with van der Waals surface area (Å²) in [5, 5.41) is 6.90. The second-order valence-electron chi connectivity index (χ2n) is 5.06. The molecule has 0 spiro atoms. The molecule has 0 saturated carbocycles. The molecule has 1 fully saturated rings. The summed E-state index contributed by atoms with van der Waals surface area (Å²) in [5.74, 6) is 2.29. The topological polar surface area (TPSA) is 84.2 Å². The van der Waals surface area contributed by atoms with Crippen molar-refractivity contribution in [2.75, 3.05) is 19.7 Å². The fourth-order valence-electron chi connectivity index (χ4n) is 2.38. The highest BCUT2D eigenvalue weighted by atomic mass is 16.5. The third-order valence-corrected chi connectivity index (χ3v) is 3.49. The third-order valence-electron chi connectivity index (χ3n) is 3.49. The average Bonchev–Trinajstić information content (AvgIpc) is 3.16. The van der Waals surface area contributed by atoms with Crippen LogP contribution in [0, 0.1) is 6.92 Å². The quantitative estimate of drug-likeness (QED) is 0.915. The van der Waals surface area contributed by atoms with E-state index in [4.69, 9.17) is 9.15 Å². The summed E-state index contributed by atoms with van der Waals surface area (Å²) >= 11 is 0. The molecule has 0 bridgehead atoms. The minimum absolute atomic E-state index is 0.104. The molecule has 1 N–H and O–H groups in total. The van der Waals surface area contributed by atoms with Crippen LogP contribution >= 0.6 is 0 Å². The van der Waals surface area contributed by atoms with Gasteiger partial charge in [-0.25, -0.2) is 4.98 Å². The summed E-state index contributed by atoms with van der Waals surface area (Å²) in [6, 6.07) is 3.71. The summed E-state index contributed by atoms with van der Waals surface area (Å²) < 4.78 is 10.9. The molecule has 1 amide bonds. The van der Waals surface area contributed by atoms with Crippen molar-refractivity contribution in [3.63, 3.8) is 0 Å². The standard InChI is InChI=1S/C14H18N4O3/c1-10-15-14(17-16-10)12-9-18(6-8-21-12)13(19)5-4-11-3-2-7-20-11/h2-3,7,12H,4-6,8-9H2,1H3,(H,15,16,17)/t12-/m0/s1. The van der Waals surface area contributed by atoms with Crippen molar-refractivity contribution < 1.29 is 13.9 Å². The highest BCUT2D eigenvalue weighted by molar-refractivity contribution is 5.76. The van der Waals surface area contributed by atoms with E-state index in [9.17, 15) is 4.79 Å². The predicted octanol–water partition coefficient (Wildman–Crippen LogP) is 1.24. The Kier molecular flexibility index (Phi) is 4.01. The van der Waals surface area contributed by atoms with Crippen molar-refractivity contribution in [3.8, 4) is 0 Å². The maximum absolute atomic E-state index is 12.3. The number of aromatic amines is 1. The average molecular weight is 290 g/mol. The molecule has 0 unspecified atom stereocenters. The highest BCUT2D eigenvalue weighted by Crippen LogP contribution is 2.20. The summed E-state index contributed by atoms with van der Waals surface area (Å²) in [5.41, 5.74) is 0. The van der Waals surface area contributed by atoms with Gasteiger partial charge in [-0.1, -0.05) is 0 Å². The summed E-state index contributed by atoms with van der Waals surface area (Å²) in [6.45, 7) is 3.45. The van der Waals surface area contributed by atoms with Gasteiger partial charge in [-0.15, -0.1) is 0 Å². The zero-order valence-electron chi connectivity index (χ0n) is 11.9. The second-order valence-corrected chi connectivity index (χ2v) is 5.06. The molecule has 21 heavy (non-hydrogen) atoms. The zero-order chi connectivity index (χ0) is 14.7. The van der Waals surface area contributed by atoms with Gasteiger partial charge >= 0.3 is 0 Å². The van der Waals surface area contributed by atoms with Gasteiger partial charge in [0, 0.05) is 19.4 Å². The van der Waals surface area contributed by atoms with Gasteiger partial charge in [-0.05, 0) is 19.1 Å². The van der Waals surface area contributed by atoms with Crippen molar-refractivity contribution in [2.45, 2.75) is 25.9 Å². The number of rotatable bonds is 4. The van der Waals surface area contributed by atoms with Gasteiger partial charge in [-0.2, -0.15) is 5.10 Å². The lowest BCUT2D eigenvalue weighted by molar-refractivity contribution is -0.139. The van der Waals surface area contributed by atoms with E-state index < -0.39 is 0 Å². The number of carbonyl (C=O) groups excluding carboxylic acids is 1. The van der Waals surface area contributed by atoms with E-state index in [-0.39, 0.29) is 12.0 Å². The normalized spacial score (nSPS) is 18.9. The Morgan fingerprint density at radius 1 is 1.57 bits per heavy atom. The highest BCUT2D eigenvalue weighted by Gasteiger charge is 2.27. The molecule has 1 atom stereocenters. The number of aromatic nitrogens is 3. The summed E-state index contributed by atoms with van der Waals surface area (Å²) in [7, 11) is 0. The third kappa shape index (κ3) is 3.30. The molecule has 1 saturated heterocycles. The van der Waals surface area contributed by atoms with Crippen LogP contribution in [0.15, 0.2) is 22.8 Å². The molecule has 2 aromatic rings. The van der Waals surface area contributed by atoms with Gasteiger partial charge in [0.05, 0.1) is 19.4 Å². The van der Waals surface area contributed by atoms with E-state index in [1.54, 1.807) is 6.26 Å². The van der Waals surface area contributed by atoms with Crippen molar-refractivity contribution in [2.24, 2.45) is 0 Å². The molecule has 7 nitrogen and oxygen atoms in total. The molecule has 1 aliphatic heterocycles. The van der Waals surface area contributed by atoms with Crippen LogP contribution in [0.25, 0.3) is 0 Å². The number of ether oxygens (including phenoxy) is 1. The van der Waals surface area contributed by atoms with Gasteiger partial charge in [-0.3, -0.25) is 9.89 Å². The first-order valence-electron chi connectivity index (χ1n) is 7.03. The Hall–Kier alpha value is -2.15. The molecule has 1 aliphatic rings. The lowest BCUT2D eigenvalue weighted by Gasteiger charge is -2.31. The monoisotopic (exact) mass is 290 g/mol. The summed E-state index contributed by atoms with van der Waals surface area (Å²) in [6.07, 6.45) is 2.42. The number of H-pyrrole nitrogens is 1. The van der Waals surface area contributed by atoms with Gasteiger partial charge in [0.15, 0.2) is 5.82 Å². The van der Waals surface area contributed by atoms with E-state index in [1.807, 2.05) is 24.0 Å². The molecule has 7 heteroatoms. The molecule has 3 rings (SSSR count). The Bertz CT molecular complexity index is 593. The lowest BCUT2D eigenvalue weighted by Crippen LogP contribution is -2.42. The van der Waals surface area contributed by atoms with E-state index in [2.05, 4.69) is 15.2 Å². The molecule has 2 aromatic heterocycles. The Morgan fingerprint density at radius 3 is 3.19 bits per heavy atom. The van der Waals surface area contributed by atoms with Gasteiger partial charge < -0.3 is 14.1 Å². The van der Waals surface area contributed by atoms with Gasteiger partial charge in [0.1, 0.15) is 17.7 Å². The first-order chi connectivity index (χ1) is 10.2. The first-order valence-corrected chi connectivity index (χ1v) is 7.03. The fourth-order valence-corrected chi connectivity index (χ4v) is 2.38. The number of amides is 1. The zero-order valence-corrected chi connectivity index (χ0v) is 11.9. The van der Waals surface area contributed by atoms with Crippen LogP contribution in [-0.2, 0) is 16.0 Å². The Morgan fingerprint density at radius 2 is 2.48 bits per heavy atom. The largest absolute Gasteiger partial charge is 0.469 e. The van der Waals surface area contributed by atoms with Crippen LogP contribution in [-0.4, -0.2) is 45.7 Å². The first kappa shape index (κ1) is 13.8. The number of aryl methyl sites for hydroxylation is 2. The van der Waals surface area contributed by atoms with Crippen molar-refractivity contribution >= 4 is 5.91 Å². The van der Waals surface area contributed by atoms with E-state index in [0.29, 0.717) is 38.4 Å². The van der Waals surface area contributed by atoms with E-state index in [1.165, 1.54) is 0 Å². The predicted molar refractivity (Wildman–Crippen MR) is 73.4 cm³/mol. The molecule has 3 heterocycles.